The third kappa shape index (κ3) is 2.15. The van der Waals surface area contributed by atoms with Gasteiger partial charge < -0.3 is 5.73 Å². The second-order valence-corrected chi connectivity index (χ2v) is 5.88. The Morgan fingerprint density at radius 2 is 2.07 bits per heavy atom. The average Bonchev–Trinajstić information content (AvgIpc) is 2.37. The summed E-state index contributed by atoms with van der Waals surface area (Å²) in [5.41, 5.74) is 10.2. The molecule has 0 heterocycles. The second kappa shape index (κ2) is 4.56. The number of hydrogen-bond acceptors (Lipinski definition) is 1. The van der Waals surface area contributed by atoms with Crippen LogP contribution in [0.4, 0.5) is 0 Å². The molecule has 0 amide bonds. The monoisotopic (exact) mass is 331 g/mol. The smallest absolute Gasteiger partial charge is 0.0309 e. The Bertz CT molecular complexity index is 388. The van der Waals surface area contributed by atoms with E-state index in [9.17, 15) is 0 Å². The molecule has 3 heteroatoms. The molecule has 2 N–H and O–H groups in total. The van der Waals surface area contributed by atoms with E-state index in [1.54, 1.807) is 0 Å². The first-order valence-corrected chi connectivity index (χ1v) is 6.93. The molecule has 1 unspecified atom stereocenters. The zero-order chi connectivity index (χ0) is 11.0. The molecule has 0 saturated carbocycles. The number of halogens is 2. The minimum absolute atomic E-state index is 0.188. The molecule has 1 aliphatic rings. The van der Waals surface area contributed by atoms with E-state index in [2.05, 4.69) is 44.8 Å². The number of fused-ring (bicyclic) bond motifs is 1. The van der Waals surface area contributed by atoms with E-state index in [4.69, 9.17) is 5.73 Å². The van der Waals surface area contributed by atoms with Crippen molar-refractivity contribution in [1.29, 1.82) is 0 Å². The van der Waals surface area contributed by atoms with Crippen molar-refractivity contribution < 1.29 is 0 Å². The maximum Gasteiger partial charge on any atom is 0.0309 e. The molecule has 0 bridgehead atoms. The highest BCUT2D eigenvalue weighted by atomic mass is 79.9. The van der Waals surface area contributed by atoms with Gasteiger partial charge in [0.15, 0.2) is 0 Å². The summed E-state index contributed by atoms with van der Waals surface area (Å²) in [6, 6.07) is 2.37. The Morgan fingerprint density at radius 3 is 2.80 bits per heavy atom. The maximum atomic E-state index is 6.23. The van der Waals surface area contributed by atoms with Crippen LogP contribution in [0.2, 0.25) is 0 Å². The predicted octanol–water partition coefficient (Wildman–Crippen LogP) is 4.25. The van der Waals surface area contributed by atoms with E-state index in [1.807, 2.05) is 0 Å². The highest BCUT2D eigenvalue weighted by Crippen LogP contribution is 2.38. The molecule has 0 aromatic heterocycles. The maximum absolute atomic E-state index is 6.23. The summed E-state index contributed by atoms with van der Waals surface area (Å²) in [7, 11) is 0. The summed E-state index contributed by atoms with van der Waals surface area (Å²) in [6.07, 6.45) is 4.71. The van der Waals surface area contributed by atoms with E-state index in [1.165, 1.54) is 38.5 Å². The van der Waals surface area contributed by atoms with Gasteiger partial charge in [-0.05, 0) is 48.9 Å². The highest BCUT2D eigenvalue weighted by molar-refractivity contribution is 9.11. The SMILES string of the molecule is Cc1cc(Br)c2c(c1Br)C(N)CCCC2. The fourth-order valence-electron chi connectivity index (χ4n) is 2.27. The Morgan fingerprint density at radius 1 is 1.33 bits per heavy atom. The first-order chi connectivity index (χ1) is 7.11. The predicted molar refractivity (Wildman–Crippen MR) is 71.1 cm³/mol. The second-order valence-electron chi connectivity index (χ2n) is 4.23. The summed E-state index contributed by atoms with van der Waals surface area (Å²) in [6.45, 7) is 2.12. The Kier molecular flexibility index (Phi) is 3.53. The van der Waals surface area contributed by atoms with Crippen LogP contribution in [0.5, 0.6) is 0 Å². The minimum Gasteiger partial charge on any atom is -0.324 e. The van der Waals surface area contributed by atoms with Crippen LogP contribution in [0.3, 0.4) is 0 Å². The summed E-state index contributed by atoms with van der Waals surface area (Å²) >= 11 is 7.33. The normalized spacial score (nSPS) is 20.9. The van der Waals surface area contributed by atoms with Crippen LogP contribution in [0.15, 0.2) is 15.0 Å². The number of rotatable bonds is 0. The van der Waals surface area contributed by atoms with Crippen LogP contribution in [-0.2, 0) is 6.42 Å². The molecule has 0 radical (unpaired) electrons. The van der Waals surface area contributed by atoms with Gasteiger partial charge in [0.25, 0.3) is 0 Å². The van der Waals surface area contributed by atoms with Crippen LogP contribution in [-0.4, -0.2) is 0 Å². The van der Waals surface area contributed by atoms with Crippen LogP contribution >= 0.6 is 31.9 Å². The van der Waals surface area contributed by atoms with Crippen molar-refractivity contribution in [3.8, 4) is 0 Å². The van der Waals surface area contributed by atoms with Gasteiger partial charge in [-0.3, -0.25) is 0 Å². The summed E-state index contributed by atoms with van der Waals surface area (Å²) in [5, 5.41) is 0. The van der Waals surface area contributed by atoms with Gasteiger partial charge in [0, 0.05) is 15.0 Å². The lowest BCUT2D eigenvalue weighted by atomic mass is 9.97. The molecule has 1 atom stereocenters. The lowest BCUT2D eigenvalue weighted by molar-refractivity contribution is 0.613. The standard InChI is InChI=1S/C12H15Br2N/c1-7-6-9(13)8-4-2-3-5-10(15)11(8)12(7)14/h6,10H,2-5,15H2,1H3. The molecule has 1 aromatic rings. The van der Waals surface area contributed by atoms with E-state index < -0.39 is 0 Å². The van der Waals surface area contributed by atoms with Crippen LogP contribution in [0.25, 0.3) is 0 Å². The van der Waals surface area contributed by atoms with Crippen molar-refractivity contribution in [2.75, 3.05) is 0 Å². The van der Waals surface area contributed by atoms with Gasteiger partial charge in [0.2, 0.25) is 0 Å². The molecule has 82 valence electrons. The molecule has 0 spiro atoms. The molecule has 1 aromatic carbocycles. The molecule has 0 aliphatic heterocycles. The molecular formula is C12H15Br2N. The van der Waals surface area contributed by atoms with Gasteiger partial charge in [-0.1, -0.05) is 38.3 Å². The lowest BCUT2D eigenvalue weighted by Crippen LogP contribution is -2.12. The highest BCUT2D eigenvalue weighted by Gasteiger charge is 2.21. The quantitative estimate of drug-likeness (QED) is 0.706. The fraction of sp³-hybridized carbons (Fsp3) is 0.500. The van der Waals surface area contributed by atoms with E-state index in [0.717, 1.165) is 12.8 Å². The van der Waals surface area contributed by atoms with E-state index in [0.29, 0.717) is 0 Å². The van der Waals surface area contributed by atoms with Crippen molar-refractivity contribution in [3.63, 3.8) is 0 Å². The molecule has 0 fully saturated rings. The van der Waals surface area contributed by atoms with Gasteiger partial charge >= 0.3 is 0 Å². The molecule has 1 nitrogen and oxygen atoms in total. The van der Waals surface area contributed by atoms with Crippen LogP contribution in [0, 0.1) is 6.92 Å². The van der Waals surface area contributed by atoms with Crippen LogP contribution in [0.1, 0.15) is 42.0 Å². The topological polar surface area (TPSA) is 26.0 Å². The molecular weight excluding hydrogens is 318 g/mol. The first-order valence-electron chi connectivity index (χ1n) is 5.34. The number of hydrogen-bond donors (Lipinski definition) is 1. The molecule has 2 rings (SSSR count). The van der Waals surface area contributed by atoms with Gasteiger partial charge in [0.1, 0.15) is 0 Å². The summed E-state index contributed by atoms with van der Waals surface area (Å²) < 4.78 is 2.42. The van der Waals surface area contributed by atoms with Crippen molar-refractivity contribution >= 4 is 31.9 Å². The van der Waals surface area contributed by atoms with Gasteiger partial charge in [-0.2, -0.15) is 0 Å². The Hall–Kier alpha value is 0.140. The van der Waals surface area contributed by atoms with Gasteiger partial charge in [-0.25, -0.2) is 0 Å². The largest absolute Gasteiger partial charge is 0.324 e. The Labute approximate surface area is 108 Å². The van der Waals surface area contributed by atoms with Gasteiger partial charge in [-0.15, -0.1) is 0 Å². The third-order valence-electron chi connectivity index (χ3n) is 3.10. The molecule has 1 aliphatic carbocycles. The van der Waals surface area contributed by atoms with Crippen LogP contribution < -0.4 is 5.73 Å². The molecule has 0 saturated heterocycles. The average molecular weight is 333 g/mol. The minimum atomic E-state index is 0.188. The van der Waals surface area contributed by atoms with Gasteiger partial charge in [0.05, 0.1) is 0 Å². The number of benzene rings is 1. The van der Waals surface area contributed by atoms with Crippen molar-refractivity contribution in [1.82, 2.24) is 0 Å². The Balaban J connectivity index is 2.63. The molecule has 15 heavy (non-hydrogen) atoms. The zero-order valence-electron chi connectivity index (χ0n) is 8.82. The van der Waals surface area contributed by atoms with Crippen molar-refractivity contribution in [2.24, 2.45) is 5.73 Å². The van der Waals surface area contributed by atoms with Crippen molar-refractivity contribution in [3.05, 3.63) is 31.7 Å². The lowest BCUT2D eigenvalue weighted by Gasteiger charge is -2.18. The zero-order valence-corrected chi connectivity index (χ0v) is 12.0. The summed E-state index contributed by atoms with van der Waals surface area (Å²) in [5.74, 6) is 0. The first kappa shape index (κ1) is 11.6. The summed E-state index contributed by atoms with van der Waals surface area (Å²) in [4.78, 5) is 0. The number of aryl methyl sites for hydroxylation is 1. The fourth-order valence-corrected chi connectivity index (χ4v) is 3.67. The number of nitrogens with two attached hydrogens (primary N) is 1. The van der Waals surface area contributed by atoms with E-state index in [-0.39, 0.29) is 6.04 Å². The van der Waals surface area contributed by atoms with E-state index >= 15 is 0 Å². The third-order valence-corrected chi connectivity index (χ3v) is 4.86. The van der Waals surface area contributed by atoms with Crippen molar-refractivity contribution in [2.45, 2.75) is 38.6 Å².